The minimum Gasteiger partial charge on any atom is -0.330 e. The topological polar surface area (TPSA) is 29.3 Å². The zero-order valence-electron chi connectivity index (χ0n) is 11.5. The third kappa shape index (κ3) is 3.46. The van der Waals surface area contributed by atoms with Crippen LogP contribution < -0.4 is 5.73 Å². The Bertz CT molecular complexity index is 179. The Balaban J connectivity index is 2.50. The van der Waals surface area contributed by atoms with Crippen molar-refractivity contribution in [3.8, 4) is 0 Å². The zero-order valence-corrected chi connectivity index (χ0v) is 11.5. The maximum Gasteiger partial charge on any atom is 0.00500 e. The van der Waals surface area contributed by atoms with Gasteiger partial charge in [-0.1, -0.05) is 27.2 Å². The third-order valence-corrected chi connectivity index (χ3v) is 4.67. The van der Waals surface area contributed by atoms with Gasteiger partial charge in [0, 0.05) is 13.1 Å². The van der Waals surface area contributed by atoms with Gasteiger partial charge in [-0.3, -0.25) is 0 Å². The molecule has 1 aliphatic rings. The monoisotopic (exact) mass is 226 g/mol. The third-order valence-electron chi connectivity index (χ3n) is 4.67. The van der Waals surface area contributed by atoms with Crippen molar-refractivity contribution < 1.29 is 0 Å². The molecule has 96 valence electrons. The maximum atomic E-state index is 5.99. The van der Waals surface area contributed by atoms with Crippen LogP contribution in [0.5, 0.6) is 0 Å². The van der Waals surface area contributed by atoms with E-state index in [1.807, 2.05) is 0 Å². The summed E-state index contributed by atoms with van der Waals surface area (Å²) in [6, 6.07) is 0. The zero-order chi connectivity index (χ0) is 12.0. The molecule has 1 heterocycles. The lowest BCUT2D eigenvalue weighted by Crippen LogP contribution is -2.45. The molecule has 0 spiro atoms. The molecule has 16 heavy (non-hydrogen) atoms. The van der Waals surface area contributed by atoms with Gasteiger partial charge in [0.15, 0.2) is 0 Å². The maximum absolute atomic E-state index is 5.99. The number of piperidine rings is 1. The van der Waals surface area contributed by atoms with Crippen LogP contribution in [0, 0.1) is 11.3 Å². The highest BCUT2D eigenvalue weighted by atomic mass is 15.1. The first kappa shape index (κ1) is 14.0. The summed E-state index contributed by atoms with van der Waals surface area (Å²) in [4.78, 5) is 2.66. The second-order valence-electron chi connectivity index (χ2n) is 5.56. The second kappa shape index (κ2) is 6.61. The van der Waals surface area contributed by atoms with Crippen molar-refractivity contribution >= 4 is 0 Å². The van der Waals surface area contributed by atoms with Crippen LogP contribution in [-0.4, -0.2) is 31.1 Å². The first-order valence-corrected chi connectivity index (χ1v) is 7.12. The number of nitrogens with two attached hydrogens (primary N) is 1. The van der Waals surface area contributed by atoms with Gasteiger partial charge in [-0.15, -0.1) is 0 Å². The van der Waals surface area contributed by atoms with Crippen molar-refractivity contribution in [1.29, 1.82) is 0 Å². The summed E-state index contributed by atoms with van der Waals surface area (Å²) in [6.07, 6.45) is 6.58. The summed E-state index contributed by atoms with van der Waals surface area (Å²) >= 11 is 0. The van der Waals surface area contributed by atoms with Crippen LogP contribution in [0.3, 0.4) is 0 Å². The number of hydrogen-bond donors (Lipinski definition) is 1. The Morgan fingerprint density at radius 2 is 1.94 bits per heavy atom. The summed E-state index contributed by atoms with van der Waals surface area (Å²) in [5, 5.41) is 0. The molecule has 0 aromatic carbocycles. The van der Waals surface area contributed by atoms with Crippen molar-refractivity contribution in [1.82, 2.24) is 4.90 Å². The molecule has 1 saturated heterocycles. The Kier molecular flexibility index (Phi) is 5.77. The van der Waals surface area contributed by atoms with Gasteiger partial charge in [0.05, 0.1) is 0 Å². The first-order chi connectivity index (χ1) is 7.69. The molecule has 1 unspecified atom stereocenters. The molecule has 1 aliphatic heterocycles. The quantitative estimate of drug-likeness (QED) is 0.754. The van der Waals surface area contributed by atoms with Crippen molar-refractivity contribution in [3.05, 3.63) is 0 Å². The van der Waals surface area contributed by atoms with E-state index in [9.17, 15) is 0 Å². The van der Waals surface area contributed by atoms with Gasteiger partial charge in [0.25, 0.3) is 0 Å². The van der Waals surface area contributed by atoms with Crippen molar-refractivity contribution in [2.75, 3.05) is 26.2 Å². The van der Waals surface area contributed by atoms with Crippen LogP contribution in [0.25, 0.3) is 0 Å². The average molecular weight is 226 g/mol. The first-order valence-electron chi connectivity index (χ1n) is 7.12. The van der Waals surface area contributed by atoms with Gasteiger partial charge in [-0.2, -0.15) is 0 Å². The highest BCUT2D eigenvalue weighted by Gasteiger charge is 2.29. The summed E-state index contributed by atoms with van der Waals surface area (Å²) in [6.45, 7) is 11.6. The van der Waals surface area contributed by atoms with Crippen LogP contribution in [0.15, 0.2) is 0 Å². The number of rotatable bonds is 6. The summed E-state index contributed by atoms with van der Waals surface area (Å²) in [5.41, 5.74) is 6.36. The van der Waals surface area contributed by atoms with Gasteiger partial charge in [0.1, 0.15) is 0 Å². The molecule has 0 saturated carbocycles. The van der Waals surface area contributed by atoms with E-state index in [1.54, 1.807) is 0 Å². The fraction of sp³-hybridized carbons (Fsp3) is 1.00. The second-order valence-corrected chi connectivity index (χ2v) is 5.56. The highest BCUT2D eigenvalue weighted by molar-refractivity contribution is 4.84. The highest BCUT2D eigenvalue weighted by Crippen LogP contribution is 2.29. The molecule has 0 radical (unpaired) electrons. The van der Waals surface area contributed by atoms with Gasteiger partial charge in [0.2, 0.25) is 0 Å². The van der Waals surface area contributed by atoms with Gasteiger partial charge in [-0.25, -0.2) is 0 Å². The van der Waals surface area contributed by atoms with Crippen LogP contribution in [0.2, 0.25) is 0 Å². The Morgan fingerprint density at radius 3 is 2.44 bits per heavy atom. The van der Waals surface area contributed by atoms with Gasteiger partial charge >= 0.3 is 0 Å². The van der Waals surface area contributed by atoms with Gasteiger partial charge in [-0.05, 0) is 50.1 Å². The summed E-state index contributed by atoms with van der Waals surface area (Å²) in [7, 11) is 0. The molecular weight excluding hydrogens is 196 g/mol. The van der Waals surface area contributed by atoms with E-state index in [0.717, 1.165) is 12.5 Å². The lowest BCUT2D eigenvalue weighted by molar-refractivity contribution is 0.0985. The van der Waals surface area contributed by atoms with E-state index >= 15 is 0 Å². The standard InChI is InChI=1S/C14H30N2/c1-4-13-8-7-9-16(10-13)12-14(5-2,6-3)11-15/h13H,4-12,15H2,1-3H3. The Morgan fingerprint density at radius 1 is 1.25 bits per heavy atom. The molecule has 2 heteroatoms. The molecule has 1 atom stereocenters. The number of likely N-dealkylation sites (tertiary alicyclic amines) is 1. The predicted molar refractivity (Wildman–Crippen MR) is 71.5 cm³/mol. The Hall–Kier alpha value is -0.0800. The lowest BCUT2D eigenvalue weighted by atomic mass is 9.81. The van der Waals surface area contributed by atoms with Crippen molar-refractivity contribution in [2.24, 2.45) is 17.1 Å². The Labute approximate surface area is 102 Å². The van der Waals surface area contributed by atoms with E-state index in [1.165, 1.54) is 51.7 Å². The largest absolute Gasteiger partial charge is 0.330 e. The molecule has 0 amide bonds. The minimum atomic E-state index is 0.371. The molecule has 1 fully saturated rings. The fourth-order valence-corrected chi connectivity index (χ4v) is 2.93. The molecule has 2 N–H and O–H groups in total. The molecule has 1 rings (SSSR count). The van der Waals surface area contributed by atoms with Crippen LogP contribution >= 0.6 is 0 Å². The predicted octanol–water partition coefficient (Wildman–Crippen LogP) is 2.87. The van der Waals surface area contributed by atoms with E-state index in [0.29, 0.717) is 5.41 Å². The average Bonchev–Trinajstić information content (AvgIpc) is 2.36. The van der Waals surface area contributed by atoms with Crippen LogP contribution in [0.4, 0.5) is 0 Å². The molecule has 0 aromatic rings. The van der Waals surface area contributed by atoms with E-state index in [2.05, 4.69) is 25.7 Å². The normalized spacial score (nSPS) is 23.6. The fourth-order valence-electron chi connectivity index (χ4n) is 2.93. The smallest absolute Gasteiger partial charge is 0.00500 e. The molecule has 0 aromatic heterocycles. The van der Waals surface area contributed by atoms with Crippen LogP contribution in [0.1, 0.15) is 52.9 Å². The molecular formula is C14H30N2. The van der Waals surface area contributed by atoms with Gasteiger partial charge < -0.3 is 10.6 Å². The lowest BCUT2D eigenvalue weighted by Gasteiger charge is -2.40. The minimum absolute atomic E-state index is 0.371. The molecule has 0 bridgehead atoms. The molecule has 2 nitrogen and oxygen atoms in total. The number of hydrogen-bond acceptors (Lipinski definition) is 2. The van der Waals surface area contributed by atoms with E-state index < -0.39 is 0 Å². The SMILES string of the molecule is CCC1CCCN(CC(CC)(CC)CN)C1. The summed E-state index contributed by atoms with van der Waals surface area (Å²) in [5.74, 6) is 0.929. The number of nitrogens with zero attached hydrogens (tertiary/aromatic N) is 1. The van der Waals surface area contributed by atoms with Crippen LogP contribution in [-0.2, 0) is 0 Å². The van der Waals surface area contributed by atoms with E-state index in [-0.39, 0.29) is 0 Å². The summed E-state index contributed by atoms with van der Waals surface area (Å²) < 4.78 is 0. The van der Waals surface area contributed by atoms with Crippen molar-refractivity contribution in [3.63, 3.8) is 0 Å². The molecule has 0 aliphatic carbocycles. The van der Waals surface area contributed by atoms with E-state index in [4.69, 9.17) is 5.73 Å². The van der Waals surface area contributed by atoms with Crippen molar-refractivity contribution in [2.45, 2.75) is 52.9 Å².